The maximum absolute atomic E-state index is 10.4. The average molecular weight is 220 g/mol. The Morgan fingerprint density at radius 1 is 1.38 bits per heavy atom. The van der Waals surface area contributed by atoms with Crippen LogP contribution in [0.2, 0.25) is 0 Å². The van der Waals surface area contributed by atoms with Crippen LogP contribution in [0, 0.1) is 6.92 Å². The SMILES string of the molecule is C/C(=N\NCCc1ccc(C)cc1)C(=O)O. The third-order valence-corrected chi connectivity index (χ3v) is 2.20. The molecule has 4 heteroatoms. The van der Waals surface area contributed by atoms with Crippen molar-refractivity contribution in [3.63, 3.8) is 0 Å². The largest absolute Gasteiger partial charge is 0.477 e. The van der Waals surface area contributed by atoms with Gasteiger partial charge in [0.2, 0.25) is 0 Å². The van der Waals surface area contributed by atoms with Crippen LogP contribution >= 0.6 is 0 Å². The number of carbonyl (C=O) groups is 1. The lowest BCUT2D eigenvalue weighted by molar-refractivity contribution is -0.129. The lowest BCUT2D eigenvalue weighted by Crippen LogP contribution is -2.17. The van der Waals surface area contributed by atoms with E-state index in [1.165, 1.54) is 18.1 Å². The molecule has 0 atom stereocenters. The van der Waals surface area contributed by atoms with Gasteiger partial charge in [-0.25, -0.2) is 4.79 Å². The molecule has 0 aliphatic rings. The molecule has 0 unspecified atom stereocenters. The molecule has 0 saturated carbocycles. The second kappa shape index (κ2) is 5.90. The maximum Gasteiger partial charge on any atom is 0.351 e. The molecule has 2 N–H and O–H groups in total. The van der Waals surface area contributed by atoms with Gasteiger partial charge in [0.25, 0.3) is 0 Å². The quantitative estimate of drug-likeness (QED) is 0.450. The molecule has 1 rings (SSSR count). The van der Waals surface area contributed by atoms with E-state index in [-0.39, 0.29) is 5.71 Å². The number of carboxylic acids is 1. The van der Waals surface area contributed by atoms with Crippen LogP contribution in [-0.4, -0.2) is 23.3 Å². The zero-order valence-electron chi connectivity index (χ0n) is 9.53. The highest BCUT2D eigenvalue weighted by Gasteiger charge is 1.99. The van der Waals surface area contributed by atoms with Crippen molar-refractivity contribution in [1.82, 2.24) is 5.43 Å². The third-order valence-electron chi connectivity index (χ3n) is 2.20. The maximum atomic E-state index is 10.4. The number of aryl methyl sites for hydroxylation is 1. The van der Waals surface area contributed by atoms with Crippen molar-refractivity contribution in [1.29, 1.82) is 0 Å². The number of hydrazone groups is 1. The number of hydrogen-bond acceptors (Lipinski definition) is 3. The summed E-state index contributed by atoms with van der Waals surface area (Å²) in [4.78, 5) is 10.4. The first-order valence-electron chi connectivity index (χ1n) is 5.15. The van der Waals surface area contributed by atoms with Gasteiger partial charge in [-0.15, -0.1) is 0 Å². The molecular weight excluding hydrogens is 204 g/mol. The van der Waals surface area contributed by atoms with Crippen molar-refractivity contribution in [3.05, 3.63) is 35.4 Å². The minimum Gasteiger partial charge on any atom is -0.477 e. The van der Waals surface area contributed by atoms with E-state index in [1.54, 1.807) is 0 Å². The van der Waals surface area contributed by atoms with Crippen LogP contribution in [0.15, 0.2) is 29.4 Å². The van der Waals surface area contributed by atoms with E-state index >= 15 is 0 Å². The van der Waals surface area contributed by atoms with Crippen LogP contribution < -0.4 is 5.43 Å². The van der Waals surface area contributed by atoms with E-state index in [0.29, 0.717) is 6.54 Å². The van der Waals surface area contributed by atoms with Crippen LogP contribution in [0.4, 0.5) is 0 Å². The lowest BCUT2D eigenvalue weighted by atomic mass is 10.1. The van der Waals surface area contributed by atoms with Crippen molar-refractivity contribution >= 4 is 11.7 Å². The Labute approximate surface area is 95.0 Å². The molecule has 0 fully saturated rings. The molecule has 0 amide bonds. The summed E-state index contributed by atoms with van der Waals surface area (Å²) in [6, 6.07) is 8.23. The van der Waals surface area contributed by atoms with Gasteiger partial charge in [0, 0.05) is 6.54 Å². The highest BCUT2D eigenvalue weighted by atomic mass is 16.4. The van der Waals surface area contributed by atoms with Crippen LogP contribution in [0.25, 0.3) is 0 Å². The first-order chi connectivity index (χ1) is 7.59. The number of carboxylic acid groups (broad SMARTS) is 1. The van der Waals surface area contributed by atoms with Crippen molar-refractivity contribution in [2.45, 2.75) is 20.3 Å². The molecule has 4 nitrogen and oxygen atoms in total. The molecule has 0 aliphatic carbocycles. The Morgan fingerprint density at radius 3 is 2.56 bits per heavy atom. The molecule has 16 heavy (non-hydrogen) atoms. The molecule has 1 aromatic rings. The van der Waals surface area contributed by atoms with E-state index < -0.39 is 5.97 Å². The first kappa shape index (κ1) is 12.2. The first-order valence-corrected chi connectivity index (χ1v) is 5.15. The Kier molecular flexibility index (Phi) is 4.51. The van der Waals surface area contributed by atoms with Gasteiger partial charge in [-0.3, -0.25) is 0 Å². The topological polar surface area (TPSA) is 61.7 Å². The van der Waals surface area contributed by atoms with Crippen molar-refractivity contribution in [2.75, 3.05) is 6.54 Å². The van der Waals surface area contributed by atoms with Crippen LogP contribution in [0.5, 0.6) is 0 Å². The van der Waals surface area contributed by atoms with Crippen LogP contribution in [-0.2, 0) is 11.2 Å². The summed E-state index contributed by atoms with van der Waals surface area (Å²) in [6.45, 7) is 4.14. The second-order valence-electron chi connectivity index (χ2n) is 3.65. The highest BCUT2D eigenvalue weighted by Crippen LogP contribution is 2.02. The van der Waals surface area contributed by atoms with Gasteiger partial charge in [-0.05, 0) is 25.8 Å². The summed E-state index contributed by atoms with van der Waals surface area (Å²) in [6.07, 6.45) is 0.830. The second-order valence-corrected chi connectivity index (χ2v) is 3.65. The van der Waals surface area contributed by atoms with Gasteiger partial charge in [0.15, 0.2) is 0 Å². The van der Waals surface area contributed by atoms with Crippen molar-refractivity contribution < 1.29 is 9.90 Å². The summed E-state index contributed by atoms with van der Waals surface area (Å²) >= 11 is 0. The summed E-state index contributed by atoms with van der Waals surface area (Å²) < 4.78 is 0. The molecule has 0 aliphatic heterocycles. The van der Waals surface area contributed by atoms with E-state index in [2.05, 4.69) is 34.8 Å². The molecule has 86 valence electrons. The monoisotopic (exact) mass is 220 g/mol. The molecule has 0 saturated heterocycles. The van der Waals surface area contributed by atoms with Crippen LogP contribution in [0.1, 0.15) is 18.1 Å². The minimum atomic E-state index is -0.997. The smallest absolute Gasteiger partial charge is 0.351 e. The zero-order chi connectivity index (χ0) is 12.0. The van der Waals surface area contributed by atoms with Gasteiger partial charge >= 0.3 is 5.97 Å². The number of nitrogens with zero attached hydrogens (tertiary/aromatic N) is 1. The van der Waals surface area contributed by atoms with Crippen LogP contribution in [0.3, 0.4) is 0 Å². The fraction of sp³-hybridized carbons (Fsp3) is 0.333. The Morgan fingerprint density at radius 2 is 2.00 bits per heavy atom. The Hall–Kier alpha value is -1.84. The fourth-order valence-corrected chi connectivity index (χ4v) is 1.18. The minimum absolute atomic E-state index is 0.0731. The number of nitrogens with one attached hydrogen (secondary N) is 1. The average Bonchev–Trinajstić information content (AvgIpc) is 2.26. The van der Waals surface area contributed by atoms with Gasteiger partial charge in [0.1, 0.15) is 5.71 Å². The summed E-state index contributed by atoms with van der Waals surface area (Å²) in [5, 5.41) is 12.3. The Balaban J connectivity index is 2.34. The molecular formula is C12H16N2O2. The molecule has 0 spiro atoms. The van der Waals surface area contributed by atoms with Crippen molar-refractivity contribution in [2.24, 2.45) is 5.10 Å². The number of benzene rings is 1. The number of hydrogen-bond donors (Lipinski definition) is 2. The lowest BCUT2D eigenvalue weighted by Gasteiger charge is -2.02. The molecule has 0 bridgehead atoms. The molecule has 1 aromatic carbocycles. The number of aliphatic carboxylic acids is 1. The summed E-state index contributed by atoms with van der Waals surface area (Å²) in [5.74, 6) is -0.997. The third kappa shape index (κ3) is 4.13. The van der Waals surface area contributed by atoms with Gasteiger partial charge in [0.05, 0.1) is 0 Å². The normalized spacial score (nSPS) is 11.2. The van der Waals surface area contributed by atoms with Gasteiger partial charge < -0.3 is 10.5 Å². The number of rotatable bonds is 5. The van der Waals surface area contributed by atoms with E-state index in [0.717, 1.165) is 6.42 Å². The van der Waals surface area contributed by atoms with E-state index in [4.69, 9.17) is 5.11 Å². The van der Waals surface area contributed by atoms with Gasteiger partial charge in [-0.1, -0.05) is 29.8 Å². The van der Waals surface area contributed by atoms with E-state index in [1.807, 2.05) is 6.92 Å². The fourth-order valence-electron chi connectivity index (χ4n) is 1.18. The zero-order valence-corrected chi connectivity index (χ0v) is 9.53. The summed E-state index contributed by atoms with van der Waals surface area (Å²) in [7, 11) is 0. The standard InChI is InChI=1S/C12H16N2O2/c1-9-3-5-11(6-4-9)7-8-13-14-10(2)12(15)16/h3-6,13H,7-8H2,1-2H3,(H,15,16)/b14-10+. The predicted molar refractivity (Wildman–Crippen MR) is 63.6 cm³/mol. The summed E-state index contributed by atoms with van der Waals surface area (Å²) in [5.41, 5.74) is 5.25. The highest BCUT2D eigenvalue weighted by molar-refractivity contribution is 6.34. The molecule has 0 heterocycles. The predicted octanol–water partition coefficient (Wildman–Crippen LogP) is 1.59. The molecule has 0 aromatic heterocycles. The Bertz CT molecular complexity index is 383. The van der Waals surface area contributed by atoms with E-state index in [9.17, 15) is 4.79 Å². The molecule has 0 radical (unpaired) electrons. The van der Waals surface area contributed by atoms with Gasteiger partial charge in [-0.2, -0.15) is 5.10 Å². The van der Waals surface area contributed by atoms with Crippen molar-refractivity contribution in [3.8, 4) is 0 Å².